The Bertz CT molecular complexity index is 1010. The minimum absolute atomic E-state index is 0.121. The highest BCUT2D eigenvalue weighted by Gasteiger charge is 2.13. The van der Waals surface area contributed by atoms with Crippen LogP contribution in [0.2, 0.25) is 0 Å². The van der Waals surface area contributed by atoms with Gasteiger partial charge in [-0.05, 0) is 23.3 Å². The van der Waals surface area contributed by atoms with Crippen molar-refractivity contribution in [1.29, 1.82) is 5.26 Å². The molecule has 6 heteroatoms. The van der Waals surface area contributed by atoms with E-state index in [1.54, 1.807) is 6.92 Å². The van der Waals surface area contributed by atoms with Crippen LogP contribution in [0.25, 0.3) is 10.8 Å². The number of benzene rings is 2. The molecule has 3 aromatic rings. The third kappa shape index (κ3) is 3.73. The molecule has 0 saturated carbocycles. The third-order valence-corrected chi connectivity index (χ3v) is 3.86. The highest BCUT2D eigenvalue weighted by molar-refractivity contribution is 5.93. The van der Waals surface area contributed by atoms with E-state index in [1.165, 1.54) is 6.07 Å². The molecule has 26 heavy (non-hydrogen) atoms. The van der Waals surface area contributed by atoms with Crippen LogP contribution in [0.5, 0.6) is 5.88 Å². The fourth-order valence-electron chi connectivity index (χ4n) is 2.68. The predicted octanol–water partition coefficient (Wildman–Crippen LogP) is 3.27. The Labute approximate surface area is 151 Å². The van der Waals surface area contributed by atoms with Crippen LogP contribution in [0.4, 0.5) is 11.5 Å². The van der Waals surface area contributed by atoms with Gasteiger partial charge in [0, 0.05) is 6.07 Å². The number of carbonyl (C=O) groups excluding carboxylic acids is 1. The molecule has 130 valence electrons. The molecule has 0 atom stereocenters. The molecule has 0 aliphatic heterocycles. The maximum atomic E-state index is 12.4. The number of fused-ring (bicyclic) bond motifs is 1. The highest BCUT2D eigenvalue weighted by Crippen LogP contribution is 2.25. The zero-order valence-electron chi connectivity index (χ0n) is 14.3. The average Bonchev–Trinajstić information content (AvgIpc) is 2.61. The van der Waals surface area contributed by atoms with Crippen LogP contribution in [0.1, 0.15) is 18.1 Å². The van der Waals surface area contributed by atoms with E-state index < -0.39 is 0 Å². The predicted molar refractivity (Wildman–Crippen MR) is 101 cm³/mol. The molecule has 0 spiro atoms. The van der Waals surface area contributed by atoms with E-state index in [9.17, 15) is 4.79 Å². The molecule has 0 bridgehead atoms. The Kier molecular flexibility index (Phi) is 4.99. The summed E-state index contributed by atoms with van der Waals surface area (Å²) in [5.41, 5.74) is 7.14. The van der Waals surface area contributed by atoms with Crippen LogP contribution in [-0.2, 0) is 11.2 Å². The smallest absolute Gasteiger partial charge is 0.235 e. The summed E-state index contributed by atoms with van der Waals surface area (Å²) >= 11 is 0. The summed E-state index contributed by atoms with van der Waals surface area (Å²) in [6, 6.07) is 17.3. The van der Waals surface area contributed by atoms with Crippen molar-refractivity contribution >= 4 is 28.2 Å². The summed E-state index contributed by atoms with van der Waals surface area (Å²) < 4.78 is 5.33. The molecule has 1 aromatic heterocycles. The van der Waals surface area contributed by atoms with Gasteiger partial charge in [-0.2, -0.15) is 10.2 Å². The van der Waals surface area contributed by atoms with E-state index in [-0.39, 0.29) is 35.3 Å². The normalized spacial score (nSPS) is 10.3. The first-order chi connectivity index (χ1) is 12.6. The Balaban J connectivity index is 1.77. The van der Waals surface area contributed by atoms with E-state index in [1.807, 2.05) is 48.5 Å². The quantitative estimate of drug-likeness (QED) is 0.738. The molecule has 6 nitrogen and oxygen atoms in total. The SMILES string of the molecule is CCOc1nc(NC(=O)Cc2ccc3ccccc3c2)cc(N)c1C#N. The second-order valence-corrected chi connectivity index (χ2v) is 5.73. The number of pyridine rings is 1. The van der Waals surface area contributed by atoms with Crippen LogP contribution in [-0.4, -0.2) is 17.5 Å². The maximum Gasteiger partial charge on any atom is 0.235 e. The van der Waals surface area contributed by atoms with Crippen molar-refractivity contribution in [3.63, 3.8) is 0 Å². The van der Waals surface area contributed by atoms with Gasteiger partial charge in [0.05, 0.1) is 18.7 Å². The molecule has 0 radical (unpaired) electrons. The second-order valence-electron chi connectivity index (χ2n) is 5.73. The number of nitriles is 1. The molecular weight excluding hydrogens is 328 g/mol. The molecule has 3 rings (SSSR count). The van der Waals surface area contributed by atoms with Crippen LogP contribution in [0, 0.1) is 11.3 Å². The van der Waals surface area contributed by atoms with Crippen LogP contribution in [0.15, 0.2) is 48.5 Å². The highest BCUT2D eigenvalue weighted by atomic mass is 16.5. The number of ether oxygens (including phenoxy) is 1. The van der Waals surface area contributed by atoms with E-state index in [0.717, 1.165) is 16.3 Å². The minimum atomic E-state index is -0.223. The van der Waals surface area contributed by atoms with Crippen LogP contribution >= 0.6 is 0 Å². The summed E-state index contributed by atoms with van der Waals surface area (Å²) in [6.07, 6.45) is 0.205. The summed E-state index contributed by atoms with van der Waals surface area (Å²) in [6.45, 7) is 2.12. The molecular formula is C20H18N4O2. The molecule has 3 N–H and O–H groups in total. The van der Waals surface area contributed by atoms with Crippen molar-refractivity contribution in [2.75, 3.05) is 17.7 Å². The molecule has 0 aliphatic carbocycles. The molecule has 0 saturated heterocycles. The number of hydrogen-bond donors (Lipinski definition) is 2. The lowest BCUT2D eigenvalue weighted by Crippen LogP contribution is -2.16. The number of hydrogen-bond acceptors (Lipinski definition) is 5. The molecule has 0 aliphatic rings. The first-order valence-electron chi connectivity index (χ1n) is 8.21. The van der Waals surface area contributed by atoms with Crippen molar-refractivity contribution in [2.24, 2.45) is 0 Å². The molecule has 0 unspecified atom stereocenters. The van der Waals surface area contributed by atoms with Gasteiger partial charge in [-0.1, -0.05) is 42.5 Å². The van der Waals surface area contributed by atoms with Crippen molar-refractivity contribution in [2.45, 2.75) is 13.3 Å². The fraction of sp³-hybridized carbons (Fsp3) is 0.150. The van der Waals surface area contributed by atoms with Gasteiger partial charge in [-0.15, -0.1) is 0 Å². The minimum Gasteiger partial charge on any atom is -0.477 e. The van der Waals surface area contributed by atoms with E-state index in [4.69, 9.17) is 15.7 Å². The Morgan fingerprint density at radius 1 is 1.23 bits per heavy atom. The summed E-state index contributed by atoms with van der Waals surface area (Å²) in [4.78, 5) is 16.5. The standard InChI is InChI=1S/C20H18N4O2/c1-2-26-20-16(12-21)17(22)11-18(24-20)23-19(25)10-13-7-8-14-5-3-4-6-15(14)9-13/h3-9,11H,2,10H2,1H3,(H3,22,23,24,25). The first-order valence-corrected chi connectivity index (χ1v) is 8.21. The van der Waals surface area contributed by atoms with Gasteiger partial charge in [0.15, 0.2) is 0 Å². The topological polar surface area (TPSA) is 101 Å². The number of nitrogen functional groups attached to an aromatic ring is 1. The van der Waals surface area contributed by atoms with Crippen LogP contribution in [0.3, 0.4) is 0 Å². The van der Waals surface area contributed by atoms with Crippen LogP contribution < -0.4 is 15.8 Å². The number of anilines is 2. The monoisotopic (exact) mass is 346 g/mol. The van der Waals surface area contributed by atoms with Gasteiger partial charge in [0.25, 0.3) is 0 Å². The average molecular weight is 346 g/mol. The number of rotatable bonds is 5. The number of carbonyl (C=O) groups is 1. The van der Waals surface area contributed by atoms with Gasteiger partial charge < -0.3 is 15.8 Å². The van der Waals surface area contributed by atoms with Crippen molar-refractivity contribution in [3.05, 3.63) is 59.7 Å². The summed E-state index contributed by atoms with van der Waals surface area (Å²) in [5, 5.41) is 14.1. The summed E-state index contributed by atoms with van der Waals surface area (Å²) in [5.74, 6) is 0.158. The van der Waals surface area contributed by atoms with Crippen molar-refractivity contribution in [3.8, 4) is 11.9 Å². The zero-order chi connectivity index (χ0) is 18.5. The summed E-state index contributed by atoms with van der Waals surface area (Å²) in [7, 11) is 0. The lowest BCUT2D eigenvalue weighted by molar-refractivity contribution is -0.115. The molecule has 0 fully saturated rings. The fourth-order valence-corrected chi connectivity index (χ4v) is 2.68. The van der Waals surface area contributed by atoms with E-state index >= 15 is 0 Å². The van der Waals surface area contributed by atoms with E-state index in [2.05, 4.69) is 10.3 Å². The number of amides is 1. The maximum absolute atomic E-state index is 12.4. The van der Waals surface area contributed by atoms with Gasteiger partial charge in [-0.3, -0.25) is 4.79 Å². The van der Waals surface area contributed by atoms with E-state index in [0.29, 0.717) is 6.61 Å². The largest absolute Gasteiger partial charge is 0.477 e. The van der Waals surface area contributed by atoms with Crippen molar-refractivity contribution < 1.29 is 9.53 Å². The number of nitrogens with one attached hydrogen (secondary N) is 1. The van der Waals surface area contributed by atoms with Gasteiger partial charge >= 0.3 is 0 Å². The molecule has 2 aromatic carbocycles. The number of nitrogens with zero attached hydrogens (tertiary/aromatic N) is 2. The molecule has 1 amide bonds. The first kappa shape index (κ1) is 17.2. The van der Waals surface area contributed by atoms with Gasteiger partial charge in [0.1, 0.15) is 17.5 Å². The Morgan fingerprint density at radius 3 is 2.73 bits per heavy atom. The van der Waals surface area contributed by atoms with Gasteiger partial charge in [0.2, 0.25) is 11.8 Å². The number of nitrogens with two attached hydrogens (primary N) is 1. The Morgan fingerprint density at radius 2 is 2.00 bits per heavy atom. The lowest BCUT2D eigenvalue weighted by Gasteiger charge is -2.11. The second kappa shape index (κ2) is 7.53. The van der Waals surface area contributed by atoms with Crippen molar-refractivity contribution in [1.82, 2.24) is 4.98 Å². The van der Waals surface area contributed by atoms with Gasteiger partial charge in [-0.25, -0.2) is 0 Å². The molecule has 1 heterocycles. The third-order valence-electron chi connectivity index (χ3n) is 3.86. The zero-order valence-corrected chi connectivity index (χ0v) is 14.3. The Hall–Kier alpha value is -3.59. The number of aromatic nitrogens is 1. The lowest BCUT2D eigenvalue weighted by atomic mass is 10.0.